The highest BCUT2D eigenvalue weighted by molar-refractivity contribution is 5.86. The van der Waals surface area contributed by atoms with Crippen molar-refractivity contribution in [3.8, 4) is 11.1 Å². The summed E-state index contributed by atoms with van der Waals surface area (Å²) in [7, 11) is 0. The number of rotatable bonds is 6. The molecule has 2 amide bonds. The molecule has 2 saturated heterocycles. The number of ether oxygens (including phenoxy) is 1. The largest absolute Gasteiger partial charge is 0.479 e. The van der Waals surface area contributed by atoms with Crippen molar-refractivity contribution in [1.82, 2.24) is 15.1 Å². The van der Waals surface area contributed by atoms with E-state index in [-0.39, 0.29) is 44.1 Å². The van der Waals surface area contributed by atoms with E-state index in [0.717, 1.165) is 0 Å². The van der Waals surface area contributed by atoms with Crippen LogP contribution in [0, 0.1) is 0 Å². The van der Waals surface area contributed by atoms with Crippen molar-refractivity contribution in [3.05, 3.63) is 59.7 Å². The van der Waals surface area contributed by atoms with Gasteiger partial charge in [0.15, 0.2) is 5.60 Å². The number of β-amino-alcohol motifs (C(OH)–C–C–N with tert-alkyl or cyclic N) is 1. The van der Waals surface area contributed by atoms with Gasteiger partial charge in [-0.2, -0.15) is 0 Å². The lowest BCUT2D eigenvalue weighted by molar-refractivity contribution is -0.182. The molecule has 2 fully saturated rings. The molecule has 9 nitrogen and oxygen atoms in total. The fraction of sp³-hybridized carbons (Fsp3) is 0.423. The third kappa shape index (κ3) is 4.61. The van der Waals surface area contributed by atoms with E-state index >= 15 is 0 Å². The molecule has 3 N–H and O–H groups in total. The van der Waals surface area contributed by atoms with Gasteiger partial charge in [0.25, 0.3) is 0 Å². The number of hydrogen-bond acceptors (Lipinski definition) is 6. The van der Waals surface area contributed by atoms with Gasteiger partial charge in [0.05, 0.1) is 19.6 Å². The van der Waals surface area contributed by atoms with Crippen molar-refractivity contribution in [3.63, 3.8) is 0 Å². The number of carboxylic acid groups (broad SMARTS) is 1. The van der Waals surface area contributed by atoms with Crippen LogP contribution in [-0.4, -0.2) is 89.0 Å². The first-order chi connectivity index (χ1) is 16.8. The van der Waals surface area contributed by atoms with E-state index in [1.165, 1.54) is 27.2 Å². The van der Waals surface area contributed by atoms with E-state index in [1.54, 1.807) is 0 Å². The standard InChI is InChI=1S/C26H29N3O6/c30-23(29-15-26(34,16-29)24(31)32)13-28-11-9-17(10-12-28)27-25(33)35-14-22-20-7-3-1-5-18(20)19-6-2-4-8-21(19)22/h1-8,17,22,34H,9-16H2,(H,27,33)(H,31,32). The predicted molar refractivity (Wildman–Crippen MR) is 127 cm³/mol. The van der Waals surface area contributed by atoms with E-state index in [9.17, 15) is 19.5 Å². The molecule has 0 saturated carbocycles. The van der Waals surface area contributed by atoms with Gasteiger partial charge < -0.3 is 25.2 Å². The molecule has 0 unspecified atom stereocenters. The molecule has 35 heavy (non-hydrogen) atoms. The Kier molecular flexibility index (Phi) is 6.21. The summed E-state index contributed by atoms with van der Waals surface area (Å²) in [5.74, 6) is -1.48. The smallest absolute Gasteiger partial charge is 0.407 e. The van der Waals surface area contributed by atoms with Gasteiger partial charge in [0.2, 0.25) is 5.91 Å². The van der Waals surface area contributed by atoms with E-state index < -0.39 is 17.7 Å². The Bertz CT molecular complexity index is 1090. The van der Waals surface area contributed by atoms with Crippen LogP contribution in [0.5, 0.6) is 0 Å². The maximum atomic E-state index is 12.5. The van der Waals surface area contributed by atoms with E-state index in [0.29, 0.717) is 25.9 Å². The number of nitrogens with zero attached hydrogens (tertiary/aromatic N) is 2. The molecular formula is C26H29N3O6. The number of alkyl carbamates (subject to hydrolysis) is 1. The Morgan fingerprint density at radius 3 is 2.11 bits per heavy atom. The van der Waals surface area contributed by atoms with E-state index in [2.05, 4.69) is 29.6 Å². The van der Waals surface area contributed by atoms with Crippen LogP contribution in [0.3, 0.4) is 0 Å². The molecule has 2 aromatic carbocycles. The second-order valence-electron chi connectivity index (χ2n) is 9.61. The minimum Gasteiger partial charge on any atom is -0.479 e. The molecule has 5 rings (SSSR count). The maximum absolute atomic E-state index is 12.5. The van der Waals surface area contributed by atoms with Crippen LogP contribution in [0.1, 0.15) is 29.9 Å². The molecule has 184 valence electrons. The highest BCUT2D eigenvalue weighted by Gasteiger charge is 2.50. The average Bonchev–Trinajstić information content (AvgIpc) is 3.15. The third-order valence-electron chi connectivity index (χ3n) is 7.27. The highest BCUT2D eigenvalue weighted by Crippen LogP contribution is 2.44. The minimum atomic E-state index is -1.82. The Hall–Kier alpha value is -3.43. The molecule has 0 radical (unpaired) electrons. The second kappa shape index (κ2) is 9.31. The van der Waals surface area contributed by atoms with Crippen molar-refractivity contribution < 1.29 is 29.3 Å². The summed E-state index contributed by atoms with van der Waals surface area (Å²) < 4.78 is 5.63. The summed E-state index contributed by atoms with van der Waals surface area (Å²) >= 11 is 0. The Labute approximate surface area is 203 Å². The van der Waals surface area contributed by atoms with Crippen molar-refractivity contribution in [2.75, 3.05) is 39.3 Å². The fourth-order valence-corrected chi connectivity index (χ4v) is 5.23. The molecule has 2 aromatic rings. The molecule has 0 bridgehead atoms. The Morgan fingerprint density at radius 1 is 0.971 bits per heavy atom. The number of aliphatic carboxylic acids is 1. The number of nitrogens with one attached hydrogen (secondary N) is 1. The van der Waals surface area contributed by atoms with Crippen LogP contribution in [-0.2, 0) is 14.3 Å². The Balaban J connectivity index is 1.06. The molecule has 2 aliphatic heterocycles. The summed E-state index contributed by atoms with van der Waals surface area (Å²) in [6, 6.07) is 16.4. The number of amides is 2. The zero-order valence-corrected chi connectivity index (χ0v) is 19.4. The van der Waals surface area contributed by atoms with Crippen LogP contribution >= 0.6 is 0 Å². The quantitative estimate of drug-likeness (QED) is 0.576. The lowest BCUT2D eigenvalue weighted by atomic mass is 9.94. The van der Waals surface area contributed by atoms with Crippen LogP contribution in [0.4, 0.5) is 4.79 Å². The first kappa shape index (κ1) is 23.3. The first-order valence-electron chi connectivity index (χ1n) is 11.9. The van der Waals surface area contributed by atoms with Gasteiger partial charge in [-0.3, -0.25) is 9.69 Å². The maximum Gasteiger partial charge on any atom is 0.407 e. The molecule has 0 spiro atoms. The van der Waals surface area contributed by atoms with Gasteiger partial charge in [-0.1, -0.05) is 48.5 Å². The number of fused-ring (bicyclic) bond motifs is 3. The zero-order valence-electron chi connectivity index (χ0n) is 19.4. The lowest BCUT2D eigenvalue weighted by Crippen LogP contribution is -2.68. The minimum absolute atomic E-state index is 0.0151. The average molecular weight is 480 g/mol. The van der Waals surface area contributed by atoms with Gasteiger partial charge in [-0.15, -0.1) is 0 Å². The number of carbonyl (C=O) groups excluding carboxylic acids is 2. The van der Waals surface area contributed by atoms with Crippen LogP contribution < -0.4 is 5.32 Å². The van der Waals surface area contributed by atoms with Gasteiger partial charge >= 0.3 is 12.1 Å². The van der Waals surface area contributed by atoms with Crippen LogP contribution in [0.15, 0.2) is 48.5 Å². The lowest BCUT2D eigenvalue weighted by Gasteiger charge is -2.44. The normalized spacial score (nSPS) is 19.4. The number of likely N-dealkylation sites (tertiary alicyclic amines) is 2. The van der Waals surface area contributed by atoms with Gasteiger partial charge in [0, 0.05) is 25.0 Å². The van der Waals surface area contributed by atoms with Gasteiger partial charge in [-0.05, 0) is 35.1 Å². The van der Waals surface area contributed by atoms with Crippen molar-refractivity contribution in [2.45, 2.75) is 30.4 Å². The number of aliphatic hydroxyl groups is 1. The fourth-order valence-electron chi connectivity index (χ4n) is 5.23. The van der Waals surface area contributed by atoms with Crippen LogP contribution in [0.2, 0.25) is 0 Å². The summed E-state index contributed by atoms with van der Waals surface area (Å²) in [6.07, 6.45) is 0.947. The number of piperidine rings is 1. The van der Waals surface area contributed by atoms with Gasteiger partial charge in [-0.25, -0.2) is 9.59 Å². The zero-order chi connectivity index (χ0) is 24.6. The summed E-state index contributed by atoms with van der Waals surface area (Å²) in [4.78, 5) is 39.2. The molecule has 3 aliphatic rings. The molecular weight excluding hydrogens is 450 g/mol. The van der Waals surface area contributed by atoms with Gasteiger partial charge in [0.1, 0.15) is 6.61 Å². The van der Waals surface area contributed by atoms with Crippen molar-refractivity contribution in [2.24, 2.45) is 0 Å². The topological polar surface area (TPSA) is 119 Å². The predicted octanol–water partition coefficient (Wildman–Crippen LogP) is 1.65. The monoisotopic (exact) mass is 479 g/mol. The molecule has 0 aromatic heterocycles. The third-order valence-corrected chi connectivity index (χ3v) is 7.27. The first-order valence-corrected chi connectivity index (χ1v) is 11.9. The second-order valence-corrected chi connectivity index (χ2v) is 9.61. The summed E-state index contributed by atoms with van der Waals surface area (Å²) in [5.41, 5.74) is 2.89. The molecule has 2 heterocycles. The molecule has 1 aliphatic carbocycles. The number of hydrogen-bond donors (Lipinski definition) is 3. The highest BCUT2D eigenvalue weighted by atomic mass is 16.5. The van der Waals surface area contributed by atoms with Crippen molar-refractivity contribution >= 4 is 18.0 Å². The SMILES string of the molecule is O=C(NC1CCN(CC(=O)N2CC(O)(C(=O)O)C2)CC1)OCC1c2ccccc2-c2ccccc21. The van der Waals surface area contributed by atoms with E-state index in [1.807, 2.05) is 29.2 Å². The van der Waals surface area contributed by atoms with Crippen molar-refractivity contribution in [1.29, 1.82) is 0 Å². The van der Waals surface area contributed by atoms with E-state index in [4.69, 9.17) is 9.84 Å². The van der Waals surface area contributed by atoms with Crippen LogP contribution in [0.25, 0.3) is 11.1 Å². The summed E-state index contributed by atoms with van der Waals surface area (Å²) in [6.45, 7) is 1.36. The number of carboxylic acids is 1. The number of carbonyl (C=O) groups is 3. The summed E-state index contributed by atoms with van der Waals surface area (Å²) in [5, 5.41) is 21.7. The Morgan fingerprint density at radius 2 is 1.54 bits per heavy atom. The molecule has 0 atom stereocenters. The number of benzene rings is 2. The molecule has 9 heteroatoms.